The number of nitrogens with zero attached hydrogens (tertiary/aromatic N) is 3. The number of hydrogen-bond donors (Lipinski definition) is 2. The maximum Gasteiger partial charge on any atom is 0.411 e. The first-order chi connectivity index (χ1) is 13.9. The smallest absolute Gasteiger partial charge is 0.367 e. The van der Waals surface area contributed by atoms with Crippen LogP contribution < -0.4 is 10.6 Å². The summed E-state index contributed by atoms with van der Waals surface area (Å²) in [5.74, 6) is 0.731. The number of alkyl halides is 3. The van der Waals surface area contributed by atoms with Crippen LogP contribution in [0.2, 0.25) is 0 Å². The molecule has 0 aromatic heterocycles. The molecule has 30 heavy (non-hydrogen) atoms. The molecule has 1 aromatic carbocycles. The van der Waals surface area contributed by atoms with Gasteiger partial charge in [0, 0.05) is 39.8 Å². The van der Waals surface area contributed by atoms with Gasteiger partial charge in [-0.15, -0.1) is 24.0 Å². The molecule has 0 unspecified atom stereocenters. The topological polar surface area (TPSA) is 52.1 Å². The van der Waals surface area contributed by atoms with E-state index in [4.69, 9.17) is 0 Å². The summed E-state index contributed by atoms with van der Waals surface area (Å²) in [5.41, 5.74) is 1.73. The molecule has 0 spiro atoms. The Morgan fingerprint density at radius 1 is 1.07 bits per heavy atom. The van der Waals surface area contributed by atoms with Gasteiger partial charge < -0.3 is 25.2 Å². The van der Waals surface area contributed by atoms with Crippen LogP contribution in [-0.2, 0) is 17.9 Å². The van der Waals surface area contributed by atoms with E-state index in [1.807, 2.05) is 12.1 Å². The molecule has 0 saturated carbocycles. The molecule has 1 saturated heterocycles. The zero-order valence-electron chi connectivity index (χ0n) is 17.7. The average molecular weight is 543 g/mol. The Balaban J connectivity index is 0.00000450. The molecule has 0 atom stereocenters. The zero-order valence-corrected chi connectivity index (χ0v) is 20.0. The zero-order chi connectivity index (χ0) is 21.1. The quantitative estimate of drug-likeness (QED) is 0.300. The minimum absolute atomic E-state index is 0. The molecule has 0 bridgehead atoms. The first-order valence-electron chi connectivity index (χ1n) is 9.93. The highest BCUT2D eigenvalue weighted by molar-refractivity contribution is 14.0. The molecule has 2 N–H and O–H groups in total. The molecule has 2 rings (SSSR count). The van der Waals surface area contributed by atoms with E-state index in [1.165, 1.54) is 6.42 Å². The number of nitrogens with one attached hydrogen (secondary N) is 2. The van der Waals surface area contributed by atoms with Crippen LogP contribution in [0.1, 0.15) is 17.5 Å². The summed E-state index contributed by atoms with van der Waals surface area (Å²) < 4.78 is 41.0. The largest absolute Gasteiger partial charge is 0.411 e. The van der Waals surface area contributed by atoms with E-state index >= 15 is 0 Å². The van der Waals surface area contributed by atoms with Crippen molar-refractivity contribution in [3.63, 3.8) is 0 Å². The third-order valence-corrected chi connectivity index (χ3v) is 4.77. The van der Waals surface area contributed by atoms with Crippen molar-refractivity contribution < 1.29 is 17.9 Å². The summed E-state index contributed by atoms with van der Waals surface area (Å²) in [4.78, 5) is 9.06. The van der Waals surface area contributed by atoms with Crippen molar-refractivity contribution in [2.75, 3.05) is 60.0 Å². The van der Waals surface area contributed by atoms with Gasteiger partial charge in [0.15, 0.2) is 5.96 Å². The molecule has 0 amide bonds. The highest BCUT2D eigenvalue weighted by Gasteiger charge is 2.27. The van der Waals surface area contributed by atoms with Crippen LogP contribution in [0.3, 0.4) is 0 Å². The van der Waals surface area contributed by atoms with Crippen molar-refractivity contribution >= 4 is 29.9 Å². The Labute approximate surface area is 194 Å². The fourth-order valence-electron chi connectivity index (χ4n) is 3.10. The lowest BCUT2D eigenvalue weighted by Crippen LogP contribution is -2.42. The molecule has 6 nitrogen and oxygen atoms in total. The normalized spacial score (nSPS) is 16.6. The Morgan fingerprint density at radius 2 is 1.77 bits per heavy atom. The number of rotatable bonds is 8. The Morgan fingerprint density at radius 3 is 2.43 bits per heavy atom. The van der Waals surface area contributed by atoms with Crippen LogP contribution in [-0.4, -0.2) is 81.9 Å². The number of halogens is 4. The van der Waals surface area contributed by atoms with Gasteiger partial charge in [-0.2, -0.15) is 13.2 Å². The standard InChI is InChI=1S/C20H32F3N5O.HI/c1-24-19(25-8-11-28-10-3-9-27(2)12-13-28)26-14-17-4-6-18(7-5-17)15-29-16-20(21,22)23;/h4-7H,3,8-16H2,1-2H3,(H2,24,25,26);1H. The fourth-order valence-corrected chi connectivity index (χ4v) is 3.10. The summed E-state index contributed by atoms with van der Waals surface area (Å²) in [6.07, 6.45) is -3.10. The highest BCUT2D eigenvalue weighted by atomic mass is 127. The molecule has 1 aliphatic heterocycles. The Hall–Kier alpha value is -1.11. The predicted molar refractivity (Wildman–Crippen MR) is 124 cm³/mol. The number of ether oxygens (including phenoxy) is 1. The van der Waals surface area contributed by atoms with Gasteiger partial charge in [0.25, 0.3) is 0 Å². The van der Waals surface area contributed by atoms with Gasteiger partial charge in [-0.3, -0.25) is 4.99 Å². The Bertz CT molecular complexity index is 628. The molecule has 172 valence electrons. The van der Waals surface area contributed by atoms with Crippen LogP contribution in [0.4, 0.5) is 13.2 Å². The summed E-state index contributed by atoms with van der Waals surface area (Å²) in [6, 6.07) is 7.31. The second-order valence-electron chi connectivity index (χ2n) is 7.28. The van der Waals surface area contributed by atoms with Crippen LogP contribution in [0, 0.1) is 0 Å². The number of likely N-dealkylation sites (N-methyl/N-ethyl adjacent to an activating group) is 1. The summed E-state index contributed by atoms with van der Waals surface area (Å²) in [5, 5.41) is 6.59. The second-order valence-corrected chi connectivity index (χ2v) is 7.28. The molecule has 1 fully saturated rings. The van der Waals surface area contributed by atoms with E-state index in [1.54, 1.807) is 19.2 Å². The van der Waals surface area contributed by atoms with Crippen LogP contribution in [0.15, 0.2) is 29.3 Å². The number of benzene rings is 1. The van der Waals surface area contributed by atoms with E-state index in [-0.39, 0.29) is 30.6 Å². The second kappa shape index (κ2) is 14.0. The molecule has 1 aliphatic rings. The van der Waals surface area contributed by atoms with Gasteiger partial charge in [0.2, 0.25) is 0 Å². The molecular formula is C20H33F3IN5O. The number of hydrogen-bond acceptors (Lipinski definition) is 4. The third-order valence-electron chi connectivity index (χ3n) is 4.77. The molecule has 1 heterocycles. The van der Waals surface area contributed by atoms with Gasteiger partial charge in [0.1, 0.15) is 6.61 Å². The molecule has 0 radical (unpaired) electrons. The molecular weight excluding hydrogens is 510 g/mol. The highest BCUT2D eigenvalue weighted by Crippen LogP contribution is 2.15. The van der Waals surface area contributed by atoms with E-state index in [9.17, 15) is 13.2 Å². The van der Waals surface area contributed by atoms with E-state index in [2.05, 4.69) is 37.2 Å². The van der Waals surface area contributed by atoms with Gasteiger partial charge >= 0.3 is 6.18 Å². The lowest BCUT2D eigenvalue weighted by Gasteiger charge is -2.21. The van der Waals surface area contributed by atoms with Crippen molar-refractivity contribution in [2.45, 2.75) is 25.7 Å². The van der Waals surface area contributed by atoms with Crippen molar-refractivity contribution in [3.8, 4) is 0 Å². The summed E-state index contributed by atoms with van der Waals surface area (Å²) in [7, 11) is 3.90. The molecule has 1 aromatic rings. The third kappa shape index (κ3) is 11.3. The summed E-state index contributed by atoms with van der Waals surface area (Å²) >= 11 is 0. The van der Waals surface area contributed by atoms with Gasteiger partial charge in [0.05, 0.1) is 6.61 Å². The van der Waals surface area contributed by atoms with Gasteiger partial charge in [-0.1, -0.05) is 24.3 Å². The van der Waals surface area contributed by atoms with Crippen LogP contribution in [0.25, 0.3) is 0 Å². The van der Waals surface area contributed by atoms with Gasteiger partial charge in [-0.25, -0.2) is 0 Å². The van der Waals surface area contributed by atoms with E-state index in [0.29, 0.717) is 12.1 Å². The maximum absolute atomic E-state index is 12.1. The SMILES string of the molecule is CN=C(NCCN1CCCN(C)CC1)NCc1ccc(COCC(F)(F)F)cc1.I. The van der Waals surface area contributed by atoms with E-state index < -0.39 is 12.8 Å². The van der Waals surface area contributed by atoms with Gasteiger partial charge in [-0.05, 0) is 37.7 Å². The Kier molecular flexibility index (Phi) is 12.6. The summed E-state index contributed by atoms with van der Waals surface area (Å²) in [6.45, 7) is 5.55. The monoisotopic (exact) mass is 543 g/mol. The van der Waals surface area contributed by atoms with Crippen molar-refractivity contribution in [3.05, 3.63) is 35.4 Å². The maximum atomic E-state index is 12.1. The minimum atomic E-state index is -4.30. The first-order valence-corrected chi connectivity index (χ1v) is 9.93. The van der Waals surface area contributed by atoms with Crippen molar-refractivity contribution in [2.24, 2.45) is 4.99 Å². The van der Waals surface area contributed by atoms with Crippen LogP contribution >= 0.6 is 24.0 Å². The first kappa shape index (κ1) is 26.9. The predicted octanol–water partition coefficient (Wildman–Crippen LogP) is 2.69. The fraction of sp³-hybridized carbons (Fsp3) is 0.650. The molecule has 10 heteroatoms. The van der Waals surface area contributed by atoms with E-state index in [0.717, 1.165) is 50.8 Å². The van der Waals surface area contributed by atoms with Crippen LogP contribution in [0.5, 0.6) is 0 Å². The van der Waals surface area contributed by atoms with Crippen molar-refractivity contribution in [1.29, 1.82) is 0 Å². The van der Waals surface area contributed by atoms with Crippen molar-refractivity contribution in [1.82, 2.24) is 20.4 Å². The molecule has 0 aliphatic carbocycles. The number of guanidine groups is 1. The minimum Gasteiger partial charge on any atom is -0.367 e. The number of aliphatic imine (C=N–C) groups is 1. The average Bonchev–Trinajstić information content (AvgIpc) is 2.89. The lowest BCUT2D eigenvalue weighted by atomic mass is 10.1. The lowest BCUT2D eigenvalue weighted by molar-refractivity contribution is -0.176.